The monoisotopic (exact) mass is 185 g/mol. The van der Waals surface area contributed by atoms with Crippen LogP contribution < -0.4 is 5.73 Å². The molecule has 1 saturated heterocycles. The fraction of sp³-hybridized carbons (Fsp3) is 0.571. The van der Waals surface area contributed by atoms with Gasteiger partial charge in [0, 0.05) is 13.0 Å². The minimum atomic E-state index is -0.931. The van der Waals surface area contributed by atoms with Crippen molar-refractivity contribution in [2.45, 2.75) is 12.8 Å². The number of amidine groups is 1. The van der Waals surface area contributed by atoms with Crippen molar-refractivity contribution in [3.05, 3.63) is 0 Å². The van der Waals surface area contributed by atoms with E-state index >= 15 is 0 Å². The molecule has 0 atom stereocenters. The number of urea groups is 1. The topological polar surface area (TPSA) is 96.0 Å². The van der Waals surface area contributed by atoms with Gasteiger partial charge in [-0.3, -0.25) is 4.79 Å². The number of aliphatic carboxylic acids is 1. The molecule has 1 aliphatic rings. The fourth-order valence-corrected chi connectivity index (χ4v) is 1.30. The van der Waals surface area contributed by atoms with Gasteiger partial charge in [-0.25, -0.2) is 4.79 Å². The van der Waals surface area contributed by atoms with Gasteiger partial charge in [0.15, 0.2) is 0 Å². The average molecular weight is 185 g/mol. The number of likely N-dealkylation sites (tertiary alicyclic amines) is 1. The van der Waals surface area contributed by atoms with E-state index in [1.165, 1.54) is 0 Å². The van der Waals surface area contributed by atoms with E-state index in [0.29, 0.717) is 18.8 Å². The van der Waals surface area contributed by atoms with Gasteiger partial charge in [0.1, 0.15) is 12.4 Å². The van der Waals surface area contributed by atoms with Gasteiger partial charge >= 0.3 is 12.0 Å². The Morgan fingerprint density at radius 2 is 2.31 bits per heavy atom. The first-order valence-corrected chi connectivity index (χ1v) is 3.93. The number of amides is 2. The molecule has 0 aromatic carbocycles. The van der Waals surface area contributed by atoms with Crippen LogP contribution in [0.25, 0.3) is 0 Å². The third kappa shape index (κ3) is 2.73. The Labute approximate surface area is 75.0 Å². The molecule has 72 valence electrons. The molecule has 0 unspecified atom stereocenters. The summed E-state index contributed by atoms with van der Waals surface area (Å²) in [4.78, 5) is 25.9. The van der Waals surface area contributed by atoms with Crippen molar-refractivity contribution >= 4 is 17.8 Å². The Morgan fingerprint density at radius 3 is 2.85 bits per heavy atom. The number of rotatable bonds is 2. The second-order valence-electron chi connectivity index (χ2n) is 2.79. The molecule has 1 fully saturated rings. The van der Waals surface area contributed by atoms with Crippen LogP contribution in [0.2, 0.25) is 0 Å². The molecule has 0 saturated carbocycles. The molecule has 6 heteroatoms. The number of aliphatic imine (C=N–C) groups is 1. The normalized spacial score (nSPS) is 19.4. The van der Waals surface area contributed by atoms with Gasteiger partial charge < -0.3 is 15.7 Å². The van der Waals surface area contributed by atoms with Crippen LogP contribution in [-0.4, -0.2) is 40.9 Å². The Balaban J connectivity index is 2.63. The smallest absolute Gasteiger partial charge is 0.339 e. The van der Waals surface area contributed by atoms with Crippen molar-refractivity contribution in [3.8, 4) is 0 Å². The average Bonchev–Trinajstić information content (AvgIpc) is 2.34. The lowest BCUT2D eigenvalue weighted by atomic mass is 10.4. The molecule has 1 heterocycles. The lowest BCUT2D eigenvalue weighted by Gasteiger charge is -2.14. The summed E-state index contributed by atoms with van der Waals surface area (Å²) >= 11 is 0. The fourth-order valence-electron chi connectivity index (χ4n) is 1.30. The number of nitrogens with two attached hydrogens (primary N) is 1. The van der Waals surface area contributed by atoms with Crippen LogP contribution in [0.1, 0.15) is 12.8 Å². The van der Waals surface area contributed by atoms with Crippen molar-refractivity contribution in [1.82, 2.24) is 4.90 Å². The van der Waals surface area contributed by atoms with Gasteiger partial charge in [-0.2, -0.15) is 4.99 Å². The highest BCUT2D eigenvalue weighted by molar-refractivity contribution is 5.95. The first-order chi connectivity index (χ1) is 6.09. The Kier molecular flexibility index (Phi) is 2.84. The molecule has 0 radical (unpaired) electrons. The number of hydrogen-bond acceptors (Lipinski definition) is 2. The Hall–Kier alpha value is -1.59. The van der Waals surface area contributed by atoms with E-state index < -0.39 is 12.0 Å². The molecule has 0 aliphatic carbocycles. The Bertz CT molecular complexity index is 262. The van der Waals surface area contributed by atoms with Gasteiger partial charge in [0.05, 0.1) is 0 Å². The zero-order valence-corrected chi connectivity index (χ0v) is 7.06. The highest BCUT2D eigenvalue weighted by Gasteiger charge is 2.20. The standard InChI is InChI=1S/C7H11N3O3/c8-7(13)9-5-2-1-3-10(5)4-6(11)12/h1-4H2,(H2,8,13)(H,11,12)/b9-5-. The predicted molar refractivity (Wildman–Crippen MR) is 45.5 cm³/mol. The summed E-state index contributed by atoms with van der Waals surface area (Å²) in [6, 6.07) is -0.771. The summed E-state index contributed by atoms with van der Waals surface area (Å²) in [7, 11) is 0. The summed E-state index contributed by atoms with van der Waals surface area (Å²) in [6.45, 7) is 0.504. The summed E-state index contributed by atoms with van der Waals surface area (Å²) in [6.07, 6.45) is 1.44. The molecular formula is C7H11N3O3. The third-order valence-corrected chi connectivity index (χ3v) is 1.76. The highest BCUT2D eigenvalue weighted by atomic mass is 16.4. The molecule has 6 nitrogen and oxygen atoms in total. The molecule has 0 aromatic rings. The zero-order chi connectivity index (χ0) is 9.84. The van der Waals surface area contributed by atoms with E-state index in [1.807, 2.05) is 0 Å². The maximum atomic E-state index is 10.4. The van der Waals surface area contributed by atoms with Gasteiger partial charge in [-0.1, -0.05) is 0 Å². The molecule has 1 rings (SSSR count). The third-order valence-electron chi connectivity index (χ3n) is 1.76. The van der Waals surface area contributed by atoms with Gasteiger partial charge in [0.25, 0.3) is 0 Å². The number of carbonyl (C=O) groups is 2. The molecule has 3 N–H and O–H groups in total. The van der Waals surface area contributed by atoms with E-state index in [2.05, 4.69) is 4.99 Å². The van der Waals surface area contributed by atoms with E-state index in [0.717, 1.165) is 6.42 Å². The van der Waals surface area contributed by atoms with E-state index in [4.69, 9.17) is 10.8 Å². The van der Waals surface area contributed by atoms with Crippen LogP contribution in [0.15, 0.2) is 4.99 Å². The van der Waals surface area contributed by atoms with Crippen molar-refractivity contribution in [3.63, 3.8) is 0 Å². The van der Waals surface area contributed by atoms with Crippen molar-refractivity contribution < 1.29 is 14.7 Å². The summed E-state index contributed by atoms with van der Waals surface area (Å²) in [5, 5.41) is 8.51. The van der Waals surface area contributed by atoms with Crippen molar-refractivity contribution in [2.75, 3.05) is 13.1 Å². The van der Waals surface area contributed by atoms with Crippen LogP contribution in [0, 0.1) is 0 Å². The number of carboxylic acids is 1. The second kappa shape index (κ2) is 3.88. The van der Waals surface area contributed by atoms with Crippen LogP contribution in [0.5, 0.6) is 0 Å². The zero-order valence-electron chi connectivity index (χ0n) is 7.06. The SMILES string of the molecule is NC(=O)/N=C1/CCCN1CC(=O)O. The van der Waals surface area contributed by atoms with Crippen LogP contribution >= 0.6 is 0 Å². The molecule has 0 aromatic heterocycles. The molecule has 2 amide bonds. The maximum Gasteiger partial charge on any atom is 0.339 e. The van der Waals surface area contributed by atoms with E-state index in [1.54, 1.807) is 4.90 Å². The Morgan fingerprint density at radius 1 is 1.62 bits per heavy atom. The summed E-state index contributed by atoms with van der Waals surface area (Å²) < 4.78 is 0. The molecule has 13 heavy (non-hydrogen) atoms. The van der Waals surface area contributed by atoms with Gasteiger partial charge in [-0.05, 0) is 6.42 Å². The molecule has 1 aliphatic heterocycles. The first-order valence-electron chi connectivity index (χ1n) is 3.93. The lowest BCUT2D eigenvalue weighted by Crippen LogP contribution is -2.31. The maximum absolute atomic E-state index is 10.4. The lowest BCUT2D eigenvalue weighted by molar-refractivity contribution is -0.137. The second-order valence-corrected chi connectivity index (χ2v) is 2.79. The van der Waals surface area contributed by atoms with Gasteiger partial charge in [-0.15, -0.1) is 0 Å². The number of primary amides is 1. The molecule has 0 bridgehead atoms. The minimum Gasteiger partial charge on any atom is -0.480 e. The molecular weight excluding hydrogens is 174 g/mol. The van der Waals surface area contributed by atoms with Crippen molar-refractivity contribution in [2.24, 2.45) is 10.7 Å². The summed E-state index contributed by atoms with van der Waals surface area (Å²) in [5.41, 5.74) is 4.86. The minimum absolute atomic E-state index is 0.119. The summed E-state index contributed by atoms with van der Waals surface area (Å²) in [5.74, 6) is -0.450. The predicted octanol–water partition coefficient (Wildman–Crippen LogP) is -0.356. The van der Waals surface area contributed by atoms with E-state index in [9.17, 15) is 9.59 Å². The van der Waals surface area contributed by atoms with Crippen LogP contribution in [-0.2, 0) is 4.79 Å². The van der Waals surface area contributed by atoms with Gasteiger partial charge in [0.2, 0.25) is 0 Å². The number of nitrogens with zero attached hydrogens (tertiary/aromatic N) is 2. The van der Waals surface area contributed by atoms with Crippen molar-refractivity contribution in [1.29, 1.82) is 0 Å². The highest BCUT2D eigenvalue weighted by Crippen LogP contribution is 2.10. The number of carboxylic acid groups (broad SMARTS) is 1. The quantitative estimate of drug-likeness (QED) is 0.614. The number of carbonyl (C=O) groups excluding carboxylic acids is 1. The molecule has 0 spiro atoms. The van der Waals surface area contributed by atoms with Crippen LogP contribution in [0.3, 0.4) is 0 Å². The van der Waals surface area contributed by atoms with E-state index in [-0.39, 0.29) is 6.54 Å². The number of hydrogen-bond donors (Lipinski definition) is 2. The van der Waals surface area contributed by atoms with Crippen LogP contribution in [0.4, 0.5) is 4.79 Å². The first kappa shape index (κ1) is 9.50. The largest absolute Gasteiger partial charge is 0.480 e.